The second-order valence-corrected chi connectivity index (χ2v) is 7.21. The van der Waals surface area contributed by atoms with Crippen molar-refractivity contribution < 1.29 is 17.9 Å². The van der Waals surface area contributed by atoms with Crippen LogP contribution in [0.15, 0.2) is 0 Å². The lowest BCUT2D eigenvalue weighted by Gasteiger charge is -2.35. The fraction of sp³-hybridized carbons (Fsp3) is 0.909. The summed E-state index contributed by atoms with van der Waals surface area (Å²) in [4.78, 5) is 11.6. The molecule has 1 N–H and O–H groups in total. The monoisotopic (exact) mass is 291 g/mol. The standard InChI is InChI=1S/C11H21N3O4S/c1-12-11(15)10-5-4-8-9(18-10)6-7-14(8)19(16,17)13(2)3/h8-10H,4-7H2,1-3H3,(H,12,15)/t8-,9-,10+/m0/s1. The summed E-state index contributed by atoms with van der Waals surface area (Å²) in [5.41, 5.74) is 0. The first-order valence-electron chi connectivity index (χ1n) is 6.44. The van der Waals surface area contributed by atoms with Gasteiger partial charge in [0.25, 0.3) is 10.2 Å². The first-order chi connectivity index (χ1) is 8.87. The predicted molar refractivity (Wildman–Crippen MR) is 69.7 cm³/mol. The third kappa shape index (κ3) is 2.62. The normalized spacial score (nSPS) is 32.3. The van der Waals surface area contributed by atoms with E-state index < -0.39 is 16.3 Å². The second kappa shape index (κ2) is 5.35. The van der Waals surface area contributed by atoms with E-state index in [1.54, 1.807) is 7.05 Å². The molecule has 2 rings (SSSR count). The summed E-state index contributed by atoms with van der Waals surface area (Å²) in [6.07, 6.45) is 1.24. The van der Waals surface area contributed by atoms with E-state index >= 15 is 0 Å². The van der Waals surface area contributed by atoms with E-state index in [4.69, 9.17) is 4.74 Å². The van der Waals surface area contributed by atoms with Gasteiger partial charge in [0, 0.05) is 27.7 Å². The summed E-state index contributed by atoms with van der Waals surface area (Å²) in [7, 11) is 1.23. The number of hydrogen-bond acceptors (Lipinski definition) is 4. The molecule has 7 nitrogen and oxygen atoms in total. The van der Waals surface area contributed by atoms with Crippen molar-refractivity contribution in [2.45, 2.75) is 37.5 Å². The summed E-state index contributed by atoms with van der Waals surface area (Å²) in [5.74, 6) is -0.132. The minimum absolute atomic E-state index is 0.132. The van der Waals surface area contributed by atoms with Crippen LogP contribution in [0.1, 0.15) is 19.3 Å². The largest absolute Gasteiger partial charge is 0.363 e. The number of rotatable bonds is 3. The summed E-state index contributed by atoms with van der Waals surface area (Å²) in [6, 6.07) is -0.145. The van der Waals surface area contributed by atoms with Crippen LogP contribution in [0.25, 0.3) is 0 Å². The zero-order valence-electron chi connectivity index (χ0n) is 11.5. The molecule has 3 atom stereocenters. The van der Waals surface area contributed by atoms with E-state index in [-0.39, 0.29) is 18.1 Å². The van der Waals surface area contributed by atoms with Crippen molar-refractivity contribution in [1.29, 1.82) is 0 Å². The minimum Gasteiger partial charge on any atom is -0.363 e. The fourth-order valence-corrected chi connectivity index (χ4v) is 4.08. The van der Waals surface area contributed by atoms with Crippen molar-refractivity contribution in [2.75, 3.05) is 27.7 Å². The van der Waals surface area contributed by atoms with Gasteiger partial charge in [0.15, 0.2) is 0 Å². The van der Waals surface area contributed by atoms with Crippen molar-refractivity contribution in [3.63, 3.8) is 0 Å². The molecule has 0 saturated carbocycles. The molecule has 2 saturated heterocycles. The molecule has 1 amide bonds. The molecule has 8 heteroatoms. The van der Waals surface area contributed by atoms with Crippen molar-refractivity contribution in [2.24, 2.45) is 0 Å². The van der Waals surface area contributed by atoms with Crippen LogP contribution in [0.5, 0.6) is 0 Å². The van der Waals surface area contributed by atoms with Crippen molar-refractivity contribution >= 4 is 16.1 Å². The minimum atomic E-state index is -3.40. The van der Waals surface area contributed by atoms with E-state index in [0.29, 0.717) is 25.8 Å². The Morgan fingerprint density at radius 1 is 1.32 bits per heavy atom. The molecule has 2 aliphatic rings. The van der Waals surface area contributed by atoms with Crippen molar-refractivity contribution in [1.82, 2.24) is 13.9 Å². The van der Waals surface area contributed by atoms with E-state index in [9.17, 15) is 13.2 Å². The topological polar surface area (TPSA) is 79.0 Å². The Hall–Kier alpha value is -0.700. The molecule has 2 heterocycles. The van der Waals surface area contributed by atoms with Crippen LogP contribution < -0.4 is 5.32 Å². The number of hydrogen-bond donors (Lipinski definition) is 1. The number of ether oxygens (including phenoxy) is 1. The molecular formula is C11H21N3O4S. The van der Waals surface area contributed by atoms with Gasteiger partial charge in [-0.25, -0.2) is 0 Å². The molecule has 0 radical (unpaired) electrons. The summed E-state index contributed by atoms with van der Waals surface area (Å²) >= 11 is 0. The van der Waals surface area contributed by atoms with Gasteiger partial charge in [-0.1, -0.05) is 0 Å². The molecule has 0 aromatic rings. The number of carbonyl (C=O) groups excluding carboxylic acids is 1. The Balaban J connectivity index is 2.09. The lowest BCUT2D eigenvalue weighted by Crippen LogP contribution is -2.50. The van der Waals surface area contributed by atoms with E-state index in [1.807, 2.05) is 0 Å². The van der Waals surface area contributed by atoms with Gasteiger partial charge in [0.1, 0.15) is 6.10 Å². The van der Waals surface area contributed by atoms with E-state index in [1.165, 1.54) is 22.7 Å². The Morgan fingerprint density at radius 2 is 2.00 bits per heavy atom. The molecule has 0 bridgehead atoms. The van der Waals surface area contributed by atoms with Crippen LogP contribution in [0.2, 0.25) is 0 Å². The van der Waals surface area contributed by atoms with Gasteiger partial charge in [0.05, 0.1) is 12.1 Å². The quantitative estimate of drug-likeness (QED) is 0.735. The van der Waals surface area contributed by atoms with Gasteiger partial charge in [-0.2, -0.15) is 17.0 Å². The lowest BCUT2D eigenvalue weighted by atomic mass is 9.99. The number of nitrogens with zero attached hydrogens (tertiary/aromatic N) is 2. The zero-order chi connectivity index (χ0) is 14.2. The first-order valence-corrected chi connectivity index (χ1v) is 7.84. The number of amides is 1. The van der Waals surface area contributed by atoms with Gasteiger partial charge < -0.3 is 10.1 Å². The van der Waals surface area contributed by atoms with Crippen LogP contribution in [-0.2, 0) is 19.7 Å². The number of fused-ring (bicyclic) bond motifs is 1. The molecule has 0 aromatic heterocycles. The SMILES string of the molecule is CNC(=O)[C@H]1CC[C@H]2[C@H](CCN2S(=O)(=O)N(C)C)O1. The highest BCUT2D eigenvalue weighted by atomic mass is 32.2. The Morgan fingerprint density at radius 3 is 2.58 bits per heavy atom. The molecule has 0 spiro atoms. The van der Waals surface area contributed by atoms with Crippen molar-refractivity contribution in [3.05, 3.63) is 0 Å². The van der Waals surface area contributed by atoms with Gasteiger partial charge in [0.2, 0.25) is 5.91 Å². The summed E-state index contributed by atoms with van der Waals surface area (Å²) < 4.78 is 32.8. The van der Waals surface area contributed by atoms with Crippen LogP contribution in [0, 0.1) is 0 Å². The third-order valence-electron chi connectivity index (χ3n) is 3.79. The number of nitrogens with one attached hydrogen (secondary N) is 1. The smallest absolute Gasteiger partial charge is 0.281 e. The van der Waals surface area contributed by atoms with Gasteiger partial charge in [-0.05, 0) is 19.3 Å². The highest BCUT2D eigenvalue weighted by molar-refractivity contribution is 7.86. The first kappa shape index (κ1) is 14.7. The molecule has 2 aliphatic heterocycles. The molecule has 0 aromatic carbocycles. The fourth-order valence-electron chi connectivity index (χ4n) is 2.74. The van der Waals surface area contributed by atoms with E-state index in [2.05, 4.69) is 5.32 Å². The van der Waals surface area contributed by atoms with Crippen LogP contribution >= 0.6 is 0 Å². The molecule has 0 aliphatic carbocycles. The molecule has 19 heavy (non-hydrogen) atoms. The summed E-state index contributed by atoms with van der Waals surface area (Å²) in [6.45, 7) is 0.455. The van der Waals surface area contributed by atoms with Crippen LogP contribution in [-0.4, -0.2) is 68.9 Å². The maximum absolute atomic E-state index is 12.2. The van der Waals surface area contributed by atoms with Gasteiger partial charge >= 0.3 is 0 Å². The van der Waals surface area contributed by atoms with Crippen molar-refractivity contribution in [3.8, 4) is 0 Å². The predicted octanol–water partition coefficient (Wildman–Crippen LogP) is -0.839. The van der Waals surface area contributed by atoms with Crippen LogP contribution in [0.4, 0.5) is 0 Å². The molecule has 0 unspecified atom stereocenters. The molecule has 2 fully saturated rings. The highest BCUT2D eigenvalue weighted by Crippen LogP contribution is 2.33. The third-order valence-corrected chi connectivity index (χ3v) is 5.76. The Bertz CT molecular complexity index is 451. The zero-order valence-corrected chi connectivity index (χ0v) is 12.3. The average Bonchev–Trinajstić information content (AvgIpc) is 2.80. The average molecular weight is 291 g/mol. The highest BCUT2D eigenvalue weighted by Gasteiger charge is 2.46. The number of likely N-dealkylation sites (N-methyl/N-ethyl adjacent to an activating group) is 1. The van der Waals surface area contributed by atoms with Gasteiger partial charge in [-0.3, -0.25) is 4.79 Å². The lowest BCUT2D eigenvalue weighted by molar-refractivity contribution is -0.142. The maximum atomic E-state index is 12.2. The Labute approximate surface area is 114 Å². The maximum Gasteiger partial charge on any atom is 0.281 e. The summed E-state index contributed by atoms with van der Waals surface area (Å²) in [5, 5.41) is 2.57. The molecule has 110 valence electrons. The number of carbonyl (C=O) groups is 1. The Kier molecular flexibility index (Phi) is 4.14. The van der Waals surface area contributed by atoms with Crippen LogP contribution in [0.3, 0.4) is 0 Å². The van der Waals surface area contributed by atoms with Gasteiger partial charge in [-0.15, -0.1) is 0 Å². The van der Waals surface area contributed by atoms with E-state index in [0.717, 1.165) is 0 Å². The second-order valence-electron chi connectivity index (χ2n) is 5.11. The molecular weight excluding hydrogens is 270 g/mol.